The van der Waals surface area contributed by atoms with Gasteiger partial charge in [0.2, 0.25) is 5.91 Å². The van der Waals surface area contributed by atoms with Gasteiger partial charge in [-0.1, -0.05) is 0 Å². The van der Waals surface area contributed by atoms with E-state index in [0.29, 0.717) is 30.4 Å². The summed E-state index contributed by atoms with van der Waals surface area (Å²) in [5.74, 6) is 2.84. The van der Waals surface area contributed by atoms with E-state index in [1.807, 2.05) is 18.2 Å². The molecule has 0 atom stereocenters. The Morgan fingerprint density at radius 1 is 1.08 bits per heavy atom. The Labute approximate surface area is 156 Å². The number of amides is 1. The van der Waals surface area contributed by atoms with Gasteiger partial charge in [-0.3, -0.25) is 4.79 Å². The number of hydrogen-bond acceptors (Lipinski definition) is 6. The number of fused-ring (bicyclic) bond motifs is 1. The molecule has 0 aliphatic carbocycles. The standard InChI is InChI=1S/C19H21NO5S/c1-22-13-4-6-16(23-2)15(10-13)20-19(21)12-26-14-5-7-17-18(11-14)25-9-3-8-24-17/h4-7,10-11H,3,8-9,12H2,1-2H3,(H,20,21). The van der Waals surface area contributed by atoms with Gasteiger partial charge in [-0.25, -0.2) is 0 Å². The predicted molar refractivity (Wildman–Crippen MR) is 101 cm³/mol. The summed E-state index contributed by atoms with van der Waals surface area (Å²) in [6.45, 7) is 1.29. The zero-order valence-corrected chi connectivity index (χ0v) is 15.6. The maximum absolute atomic E-state index is 12.3. The van der Waals surface area contributed by atoms with Gasteiger partial charge in [0.05, 0.1) is 38.9 Å². The monoisotopic (exact) mass is 375 g/mol. The average molecular weight is 375 g/mol. The summed E-state index contributed by atoms with van der Waals surface area (Å²) in [6.07, 6.45) is 0.863. The molecule has 6 nitrogen and oxygen atoms in total. The molecule has 0 saturated carbocycles. The maximum atomic E-state index is 12.3. The van der Waals surface area contributed by atoms with Gasteiger partial charge < -0.3 is 24.3 Å². The van der Waals surface area contributed by atoms with Crippen LogP contribution in [0, 0.1) is 0 Å². The van der Waals surface area contributed by atoms with E-state index >= 15 is 0 Å². The first-order valence-electron chi connectivity index (χ1n) is 8.24. The molecular formula is C19H21NO5S. The lowest BCUT2D eigenvalue weighted by Crippen LogP contribution is -2.14. The van der Waals surface area contributed by atoms with Crippen molar-refractivity contribution in [3.63, 3.8) is 0 Å². The minimum Gasteiger partial charge on any atom is -0.497 e. The third-order valence-corrected chi connectivity index (χ3v) is 4.76. The largest absolute Gasteiger partial charge is 0.497 e. The number of carbonyl (C=O) groups excluding carboxylic acids is 1. The summed E-state index contributed by atoms with van der Waals surface area (Å²) in [5, 5.41) is 2.86. The fraction of sp³-hybridized carbons (Fsp3) is 0.316. The van der Waals surface area contributed by atoms with E-state index in [-0.39, 0.29) is 11.7 Å². The molecule has 0 unspecified atom stereocenters. The zero-order chi connectivity index (χ0) is 18.4. The normalized spacial score (nSPS) is 12.8. The van der Waals surface area contributed by atoms with Crippen LogP contribution in [0.1, 0.15) is 6.42 Å². The van der Waals surface area contributed by atoms with Crippen LogP contribution in [-0.4, -0.2) is 39.1 Å². The molecule has 138 valence electrons. The molecule has 1 aliphatic rings. The molecule has 2 aromatic carbocycles. The van der Waals surface area contributed by atoms with E-state index in [9.17, 15) is 4.79 Å². The summed E-state index contributed by atoms with van der Waals surface area (Å²) in [6, 6.07) is 11.0. The molecule has 0 aromatic heterocycles. The van der Waals surface area contributed by atoms with Crippen molar-refractivity contribution in [1.82, 2.24) is 0 Å². The van der Waals surface area contributed by atoms with Gasteiger partial charge >= 0.3 is 0 Å². The zero-order valence-electron chi connectivity index (χ0n) is 14.7. The summed E-state index contributed by atoms with van der Waals surface area (Å²) in [4.78, 5) is 13.3. The van der Waals surface area contributed by atoms with Crippen molar-refractivity contribution in [2.45, 2.75) is 11.3 Å². The average Bonchev–Trinajstić information content (AvgIpc) is 2.91. The minimum absolute atomic E-state index is 0.131. The quantitative estimate of drug-likeness (QED) is 0.779. The molecule has 2 aromatic rings. The molecule has 3 rings (SSSR count). The molecule has 0 bridgehead atoms. The predicted octanol–water partition coefficient (Wildman–Crippen LogP) is 3.60. The Bertz CT molecular complexity index is 781. The van der Waals surface area contributed by atoms with Gasteiger partial charge in [0.25, 0.3) is 0 Å². The van der Waals surface area contributed by atoms with Crippen LogP contribution in [0.5, 0.6) is 23.0 Å². The SMILES string of the molecule is COc1ccc(OC)c(NC(=O)CSc2ccc3c(c2)OCCCO3)c1. The third kappa shape index (κ3) is 4.54. The van der Waals surface area contributed by atoms with Crippen LogP contribution in [0.15, 0.2) is 41.3 Å². The Kier molecular flexibility index (Phi) is 6.12. The lowest BCUT2D eigenvalue weighted by atomic mass is 10.2. The summed E-state index contributed by atoms with van der Waals surface area (Å²) >= 11 is 1.43. The third-order valence-electron chi connectivity index (χ3n) is 3.77. The number of benzene rings is 2. The number of thioether (sulfide) groups is 1. The molecule has 0 fully saturated rings. The minimum atomic E-state index is -0.131. The fourth-order valence-corrected chi connectivity index (χ4v) is 3.20. The highest BCUT2D eigenvalue weighted by molar-refractivity contribution is 8.00. The first-order chi connectivity index (χ1) is 12.7. The van der Waals surface area contributed by atoms with Crippen molar-refractivity contribution < 1.29 is 23.7 Å². The smallest absolute Gasteiger partial charge is 0.234 e. The molecule has 1 heterocycles. The Balaban J connectivity index is 1.62. The van der Waals surface area contributed by atoms with E-state index in [1.54, 1.807) is 32.4 Å². The molecule has 26 heavy (non-hydrogen) atoms. The molecular weight excluding hydrogens is 354 g/mol. The number of ether oxygens (including phenoxy) is 4. The Morgan fingerprint density at radius 3 is 2.65 bits per heavy atom. The second kappa shape index (κ2) is 8.71. The lowest BCUT2D eigenvalue weighted by molar-refractivity contribution is -0.113. The molecule has 1 N–H and O–H groups in total. The van der Waals surface area contributed by atoms with Gasteiger partial charge in [0, 0.05) is 17.4 Å². The van der Waals surface area contributed by atoms with Gasteiger partial charge in [-0.2, -0.15) is 0 Å². The van der Waals surface area contributed by atoms with E-state index in [1.165, 1.54) is 11.8 Å². The molecule has 0 saturated heterocycles. The van der Waals surface area contributed by atoms with Crippen LogP contribution < -0.4 is 24.3 Å². The molecule has 1 aliphatic heterocycles. The maximum Gasteiger partial charge on any atom is 0.234 e. The highest BCUT2D eigenvalue weighted by Gasteiger charge is 2.13. The van der Waals surface area contributed by atoms with Crippen LogP contribution >= 0.6 is 11.8 Å². The van der Waals surface area contributed by atoms with Crippen molar-refractivity contribution in [3.05, 3.63) is 36.4 Å². The first kappa shape index (κ1) is 18.3. The van der Waals surface area contributed by atoms with E-state index in [0.717, 1.165) is 22.8 Å². The molecule has 0 spiro atoms. The molecule has 7 heteroatoms. The number of nitrogens with one attached hydrogen (secondary N) is 1. The van der Waals surface area contributed by atoms with Crippen molar-refractivity contribution in [2.24, 2.45) is 0 Å². The lowest BCUT2D eigenvalue weighted by Gasteiger charge is -2.12. The summed E-state index contributed by atoms with van der Waals surface area (Å²) < 4.78 is 21.8. The highest BCUT2D eigenvalue weighted by atomic mass is 32.2. The Morgan fingerprint density at radius 2 is 1.88 bits per heavy atom. The van der Waals surface area contributed by atoms with Gasteiger partial charge in [0.1, 0.15) is 11.5 Å². The number of anilines is 1. The van der Waals surface area contributed by atoms with Crippen molar-refractivity contribution >= 4 is 23.4 Å². The van der Waals surface area contributed by atoms with E-state index in [4.69, 9.17) is 18.9 Å². The second-order valence-corrected chi connectivity index (χ2v) is 6.61. The van der Waals surface area contributed by atoms with Gasteiger partial charge in [-0.15, -0.1) is 11.8 Å². The summed E-state index contributed by atoms with van der Waals surface area (Å²) in [5.41, 5.74) is 0.580. The number of methoxy groups -OCH3 is 2. The van der Waals surface area contributed by atoms with Gasteiger partial charge in [-0.05, 0) is 30.3 Å². The van der Waals surface area contributed by atoms with Crippen LogP contribution in [-0.2, 0) is 4.79 Å². The number of rotatable bonds is 6. The van der Waals surface area contributed by atoms with Crippen LogP contribution in [0.2, 0.25) is 0 Å². The number of carbonyl (C=O) groups is 1. The fourth-order valence-electron chi connectivity index (χ4n) is 2.48. The van der Waals surface area contributed by atoms with Crippen molar-refractivity contribution in [2.75, 3.05) is 38.5 Å². The topological polar surface area (TPSA) is 66.0 Å². The van der Waals surface area contributed by atoms with Crippen LogP contribution in [0.3, 0.4) is 0 Å². The summed E-state index contributed by atoms with van der Waals surface area (Å²) in [7, 11) is 3.14. The Hall–Kier alpha value is -2.54. The van der Waals surface area contributed by atoms with Crippen molar-refractivity contribution in [3.8, 4) is 23.0 Å². The van der Waals surface area contributed by atoms with Gasteiger partial charge in [0.15, 0.2) is 11.5 Å². The van der Waals surface area contributed by atoms with Crippen LogP contribution in [0.4, 0.5) is 5.69 Å². The van der Waals surface area contributed by atoms with E-state index < -0.39 is 0 Å². The van der Waals surface area contributed by atoms with Crippen LogP contribution in [0.25, 0.3) is 0 Å². The second-order valence-electron chi connectivity index (χ2n) is 5.56. The molecule has 0 radical (unpaired) electrons. The first-order valence-corrected chi connectivity index (χ1v) is 9.22. The van der Waals surface area contributed by atoms with E-state index in [2.05, 4.69) is 5.32 Å². The van der Waals surface area contributed by atoms with Crippen molar-refractivity contribution in [1.29, 1.82) is 0 Å². The molecule has 1 amide bonds. The highest BCUT2D eigenvalue weighted by Crippen LogP contribution is 2.34. The number of hydrogen-bond donors (Lipinski definition) is 1.